The van der Waals surface area contributed by atoms with Crippen LogP contribution < -0.4 is 10.1 Å². The van der Waals surface area contributed by atoms with Crippen molar-refractivity contribution in [3.8, 4) is 5.75 Å². The van der Waals surface area contributed by atoms with E-state index in [1.165, 1.54) is 0 Å². The predicted molar refractivity (Wildman–Crippen MR) is 102 cm³/mol. The van der Waals surface area contributed by atoms with Crippen LogP contribution in [0.2, 0.25) is 0 Å². The minimum absolute atomic E-state index is 0.111. The summed E-state index contributed by atoms with van der Waals surface area (Å²) in [6.45, 7) is 6.37. The third kappa shape index (κ3) is 5.62. The SMILES string of the molecule is CCNC(=O)[C@H](C)N(Cc1ccc(C)cc1)C(=O)COc1ccccc1. The minimum Gasteiger partial charge on any atom is -0.484 e. The number of para-hydroxylation sites is 1. The number of amides is 2. The molecule has 0 aliphatic rings. The van der Waals surface area contributed by atoms with Crippen LogP contribution in [0, 0.1) is 6.92 Å². The van der Waals surface area contributed by atoms with Crippen LogP contribution in [0.1, 0.15) is 25.0 Å². The van der Waals surface area contributed by atoms with Gasteiger partial charge in [0.25, 0.3) is 5.91 Å². The molecule has 1 N–H and O–H groups in total. The number of ether oxygens (including phenoxy) is 1. The van der Waals surface area contributed by atoms with Gasteiger partial charge >= 0.3 is 0 Å². The summed E-state index contributed by atoms with van der Waals surface area (Å²) in [7, 11) is 0. The van der Waals surface area contributed by atoms with Crippen LogP contribution in [-0.4, -0.2) is 35.9 Å². The van der Waals surface area contributed by atoms with E-state index >= 15 is 0 Å². The second kappa shape index (κ2) is 9.61. The van der Waals surface area contributed by atoms with Crippen molar-refractivity contribution >= 4 is 11.8 Å². The van der Waals surface area contributed by atoms with Gasteiger partial charge in [-0.25, -0.2) is 0 Å². The Kier molecular flexibility index (Phi) is 7.21. The summed E-state index contributed by atoms with van der Waals surface area (Å²) in [6.07, 6.45) is 0. The van der Waals surface area contributed by atoms with E-state index in [4.69, 9.17) is 4.74 Å². The second-order valence-electron chi connectivity index (χ2n) is 6.18. The Morgan fingerprint density at radius 1 is 1.08 bits per heavy atom. The molecule has 1 atom stereocenters. The molecule has 2 rings (SSSR count). The number of likely N-dealkylation sites (N-methyl/N-ethyl adjacent to an activating group) is 1. The number of carbonyl (C=O) groups excluding carboxylic acids is 2. The lowest BCUT2D eigenvalue weighted by atomic mass is 10.1. The Labute approximate surface area is 155 Å². The van der Waals surface area contributed by atoms with Gasteiger partial charge in [-0.15, -0.1) is 0 Å². The zero-order valence-electron chi connectivity index (χ0n) is 15.6. The number of nitrogens with one attached hydrogen (secondary N) is 1. The fraction of sp³-hybridized carbons (Fsp3) is 0.333. The molecule has 5 heteroatoms. The first-order valence-corrected chi connectivity index (χ1v) is 8.81. The molecule has 0 heterocycles. The quantitative estimate of drug-likeness (QED) is 0.793. The maximum absolute atomic E-state index is 12.8. The summed E-state index contributed by atoms with van der Waals surface area (Å²) < 4.78 is 5.57. The normalized spacial score (nSPS) is 11.5. The number of carbonyl (C=O) groups is 2. The lowest BCUT2D eigenvalue weighted by Gasteiger charge is -2.28. The number of rotatable bonds is 8. The van der Waals surface area contributed by atoms with E-state index in [-0.39, 0.29) is 18.4 Å². The average Bonchev–Trinajstić information content (AvgIpc) is 2.66. The van der Waals surface area contributed by atoms with Gasteiger partial charge in [0.05, 0.1) is 0 Å². The molecular weight excluding hydrogens is 328 g/mol. The number of hydrogen-bond donors (Lipinski definition) is 1. The van der Waals surface area contributed by atoms with Crippen LogP contribution >= 0.6 is 0 Å². The van der Waals surface area contributed by atoms with Crippen molar-refractivity contribution in [3.63, 3.8) is 0 Å². The number of benzene rings is 2. The van der Waals surface area contributed by atoms with Crippen molar-refractivity contribution < 1.29 is 14.3 Å². The van der Waals surface area contributed by atoms with Gasteiger partial charge in [-0.05, 0) is 38.5 Å². The molecule has 0 aromatic heterocycles. The highest BCUT2D eigenvalue weighted by atomic mass is 16.5. The fourth-order valence-electron chi connectivity index (χ4n) is 2.54. The molecule has 0 aliphatic carbocycles. The number of aryl methyl sites for hydroxylation is 1. The molecular formula is C21H26N2O3. The molecule has 0 saturated carbocycles. The predicted octanol–water partition coefficient (Wildman–Crippen LogP) is 2.93. The van der Waals surface area contributed by atoms with Gasteiger partial charge in [0.15, 0.2) is 6.61 Å². The first kappa shape index (κ1) is 19.5. The molecule has 2 amide bonds. The van der Waals surface area contributed by atoms with Crippen molar-refractivity contribution in [1.82, 2.24) is 10.2 Å². The van der Waals surface area contributed by atoms with Gasteiger partial charge in [-0.2, -0.15) is 0 Å². The van der Waals surface area contributed by atoms with E-state index in [9.17, 15) is 9.59 Å². The van der Waals surface area contributed by atoms with E-state index in [0.29, 0.717) is 18.8 Å². The van der Waals surface area contributed by atoms with Crippen LogP contribution in [-0.2, 0) is 16.1 Å². The van der Waals surface area contributed by atoms with Gasteiger partial charge in [0, 0.05) is 13.1 Å². The topological polar surface area (TPSA) is 58.6 Å². The molecule has 0 fully saturated rings. The third-order valence-corrected chi connectivity index (χ3v) is 4.10. The maximum atomic E-state index is 12.8. The molecule has 0 aliphatic heterocycles. The highest BCUT2D eigenvalue weighted by Crippen LogP contribution is 2.13. The molecule has 0 spiro atoms. The Morgan fingerprint density at radius 2 is 1.73 bits per heavy atom. The lowest BCUT2D eigenvalue weighted by Crippen LogP contribution is -2.49. The van der Waals surface area contributed by atoms with Gasteiger partial charge in [0.1, 0.15) is 11.8 Å². The van der Waals surface area contributed by atoms with Crippen LogP contribution in [0.15, 0.2) is 54.6 Å². The van der Waals surface area contributed by atoms with Crippen LogP contribution in [0.5, 0.6) is 5.75 Å². The summed E-state index contributed by atoms with van der Waals surface area (Å²) in [5.41, 5.74) is 2.12. The van der Waals surface area contributed by atoms with Crippen LogP contribution in [0.3, 0.4) is 0 Å². The van der Waals surface area contributed by atoms with E-state index in [0.717, 1.165) is 11.1 Å². The monoisotopic (exact) mass is 354 g/mol. The summed E-state index contributed by atoms with van der Waals surface area (Å²) in [6, 6.07) is 16.5. The third-order valence-electron chi connectivity index (χ3n) is 4.10. The summed E-state index contributed by atoms with van der Waals surface area (Å²) in [5, 5.41) is 2.78. The zero-order chi connectivity index (χ0) is 18.9. The van der Waals surface area contributed by atoms with Crippen molar-refractivity contribution in [2.75, 3.05) is 13.2 Å². The van der Waals surface area contributed by atoms with E-state index in [2.05, 4.69) is 5.32 Å². The molecule has 2 aromatic rings. The Bertz CT molecular complexity index is 714. The molecule has 26 heavy (non-hydrogen) atoms. The Balaban J connectivity index is 2.11. The largest absolute Gasteiger partial charge is 0.484 e. The van der Waals surface area contributed by atoms with Gasteiger partial charge < -0.3 is 15.0 Å². The zero-order valence-corrected chi connectivity index (χ0v) is 15.6. The lowest BCUT2D eigenvalue weighted by molar-refractivity contribution is -0.142. The molecule has 0 radical (unpaired) electrons. The smallest absolute Gasteiger partial charge is 0.261 e. The first-order valence-electron chi connectivity index (χ1n) is 8.81. The van der Waals surface area contributed by atoms with Gasteiger partial charge in [-0.3, -0.25) is 9.59 Å². The average molecular weight is 354 g/mol. The van der Waals surface area contributed by atoms with E-state index in [1.54, 1.807) is 24.0 Å². The fourth-order valence-corrected chi connectivity index (χ4v) is 2.54. The minimum atomic E-state index is -0.580. The molecule has 138 valence electrons. The molecule has 0 saturated heterocycles. The van der Waals surface area contributed by atoms with Gasteiger partial charge in [0.2, 0.25) is 5.91 Å². The van der Waals surface area contributed by atoms with Crippen LogP contribution in [0.25, 0.3) is 0 Å². The summed E-state index contributed by atoms with van der Waals surface area (Å²) in [5.74, 6) is 0.225. The van der Waals surface area contributed by atoms with Gasteiger partial charge in [-0.1, -0.05) is 48.0 Å². The summed E-state index contributed by atoms with van der Waals surface area (Å²) >= 11 is 0. The highest BCUT2D eigenvalue weighted by molar-refractivity contribution is 5.87. The van der Waals surface area contributed by atoms with E-state index in [1.807, 2.05) is 56.3 Å². The molecule has 0 unspecified atom stereocenters. The maximum Gasteiger partial charge on any atom is 0.261 e. The summed E-state index contributed by atoms with van der Waals surface area (Å²) in [4.78, 5) is 26.6. The standard InChI is InChI=1S/C21H26N2O3/c1-4-22-21(25)17(3)23(14-18-12-10-16(2)11-13-18)20(24)15-26-19-8-6-5-7-9-19/h5-13,17H,4,14-15H2,1-3H3,(H,22,25)/t17-/m0/s1. The first-order chi connectivity index (χ1) is 12.5. The van der Waals surface area contributed by atoms with Crippen molar-refractivity contribution in [1.29, 1.82) is 0 Å². The Hall–Kier alpha value is -2.82. The highest BCUT2D eigenvalue weighted by Gasteiger charge is 2.26. The van der Waals surface area contributed by atoms with Crippen molar-refractivity contribution in [3.05, 3.63) is 65.7 Å². The Morgan fingerprint density at radius 3 is 2.35 bits per heavy atom. The molecule has 2 aromatic carbocycles. The number of hydrogen-bond acceptors (Lipinski definition) is 3. The molecule has 5 nitrogen and oxygen atoms in total. The van der Waals surface area contributed by atoms with E-state index < -0.39 is 6.04 Å². The van der Waals surface area contributed by atoms with Crippen molar-refractivity contribution in [2.24, 2.45) is 0 Å². The van der Waals surface area contributed by atoms with Crippen molar-refractivity contribution in [2.45, 2.75) is 33.4 Å². The second-order valence-corrected chi connectivity index (χ2v) is 6.18. The number of nitrogens with zero attached hydrogens (tertiary/aromatic N) is 1. The molecule has 0 bridgehead atoms. The van der Waals surface area contributed by atoms with Crippen LogP contribution in [0.4, 0.5) is 0 Å².